The van der Waals surface area contributed by atoms with Gasteiger partial charge >= 0.3 is 0 Å². The summed E-state index contributed by atoms with van der Waals surface area (Å²) in [4.78, 5) is 10.5. The first-order valence-electron chi connectivity index (χ1n) is 4.87. The lowest BCUT2D eigenvalue weighted by atomic mass is 10.2. The van der Waals surface area contributed by atoms with E-state index in [1.807, 2.05) is 0 Å². The van der Waals surface area contributed by atoms with E-state index < -0.39 is 5.97 Å². The van der Waals surface area contributed by atoms with Crippen molar-refractivity contribution in [1.82, 2.24) is 0 Å². The lowest BCUT2D eigenvalue weighted by Crippen LogP contribution is -2.21. The third kappa shape index (κ3) is 4.55. The number of carbonyl (C=O) groups is 1. The predicted octanol–water partition coefficient (Wildman–Crippen LogP) is 0.375. The van der Waals surface area contributed by atoms with Crippen LogP contribution in [0, 0.1) is 0 Å². The van der Waals surface area contributed by atoms with Crippen molar-refractivity contribution in [2.24, 2.45) is 0 Å². The number of thiol groups is 1. The molecule has 1 aromatic rings. The van der Waals surface area contributed by atoms with Crippen LogP contribution in [-0.2, 0) is 4.74 Å². The van der Waals surface area contributed by atoms with E-state index in [1.165, 1.54) is 12.1 Å². The summed E-state index contributed by atoms with van der Waals surface area (Å²) >= 11 is 4.00. The van der Waals surface area contributed by atoms with Gasteiger partial charge in [-0.25, -0.2) is 0 Å². The van der Waals surface area contributed by atoms with Crippen LogP contribution in [0.1, 0.15) is 10.4 Å². The molecule has 0 aliphatic carbocycles. The van der Waals surface area contributed by atoms with Gasteiger partial charge in [0, 0.05) is 5.75 Å². The fourth-order valence-electron chi connectivity index (χ4n) is 1.07. The van der Waals surface area contributed by atoms with Crippen LogP contribution in [0.4, 0.5) is 0 Å². The second kappa shape index (κ2) is 7.14. The molecular formula is C11H13O4S-. The number of hydrogen-bond donors (Lipinski definition) is 1. The molecule has 0 atom stereocenters. The molecular weight excluding hydrogens is 228 g/mol. The smallest absolute Gasteiger partial charge is 0.119 e. The third-order valence-corrected chi connectivity index (χ3v) is 2.00. The highest BCUT2D eigenvalue weighted by Crippen LogP contribution is 2.11. The summed E-state index contributed by atoms with van der Waals surface area (Å²) in [6.07, 6.45) is 0. The standard InChI is InChI=1S/C11H14O4S/c12-11(13)9-1-3-10(4-2-9)15-6-5-14-7-8-16/h1-4,16H,5-8H2,(H,12,13)/p-1. The molecule has 1 rings (SSSR count). The molecule has 0 unspecified atom stereocenters. The number of benzene rings is 1. The lowest BCUT2D eigenvalue weighted by Gasteiger charge is -2.07. The zero-order valence-electron chi connectivity index (χ0n) is 8.72. The minimum atomic E-state index is -1.19. The second-order valence-corrected chi connectivity index (χ2v) is 3.44. The van der Waals surface area contributed by atoms with E-state index in [-0.39, 0.29) is 5.56 Å². The number of carboxylic acids is 1. The Morgan fingerprint density at radius 2 is 1.88 bits per heavy atom. The van der Waals surface area contributed by atoms with Crippen LogP contribution in [0.15, 0.2) is 24.3 Å². The van der Waals surface area contributed by atoms with E-state index in [4.69, 9.17) is 9.47 Å². The quantitative estimate of drug-likeness (QED) is 0.553. The van der Waals surface area contributed by atoms with Crippen molar-refractivity contribution in [3.63, 3.8) is 0 Å². The number of aromatic carboxylic acids is 1. The lowest BCUT2D eigenvalue weighted by molar-refractivity contribution is -0.255. The van der Waals surface area contributed by atoms with E-state index in [2.05, 4.69) is 12.6 Å². The van der Waals surface area contributed by atoms with Crippen molar-refractivity contribution in [2.45, 2.75) is 0 Å². The molecule has 0 bridgehead atoms. The maximum Gasteiger partial charge on any atom is 0.119 e. The van der Waals surface area contributed by atoms with Crippen molar-refractivity contribution in [2.75, 3.05) is 25.6 Å². The summed E-state index contributed by atoms with van der Waals surface area (Å²) < 4.78 is 10.5. The van der Waals surface area contributed by atoms with E-state index in [0.29, 0.717) is 31.3 Å². The predicted molar refractivity (Wildman–Crippen MR) is 60.9 cm³/mol. The monoisotopic (exact) mass is 241 g/mol. The van der Waals surface area contributed by atoms with Crippen molar-refractivity contribution in [3.05, 3.63) is 29.8 Å². The Kier molecular flexibility index (Phi) is 5.74. The van der Waals surface area contributed by atoms with Gasteiger partial charge in [-0.1, -0.05) is 0 Å². The first-order chi connectivity index (χ1) is 7.74. The van der Waals surface area contributed by atoms with Gasteiger partial charge in [-0.05, 0) is 29.8 Å². The van der Waals surface area contributed by atoms with Gasteiger partial charge < -0.3 is 19.4 Å². The number of ether oxygens (including phenoxy) is 2. The fourth-order valence-corrected chi connectivity index (χ4v) is 1.20. The van der Waals surface area contributed by atoms with E-state index in [9.17, 15) is 9.90 Å². The average molecular weight is 241 g/mol. The zero-order chi connectivity index (χ0) is 11.8. The molecule has 5 heteroatoms. The van der Waals surface area contributed by atoms with E-state index in [0.717, 1.165) is 0 Å². The Balaban J connectivity index is 2.29. The van der Waals surface area contributed by atoms with Crippen LogP contribution in [0.3, 0.4) is 0 Å². The number of rotatable bonds is 7. The molecule has 16 heavy (non-hydrogen) atoms. The van der Waals surface area contributed by atoms with Crippen LogP contribution in [0.5, 0.6) is 5.75 Å². The topological polar surface area (TPSA) is 58.6 Å². The highest BCUT2D eigenvalue weighted by molar-refractivity contribution is 7.80. The molecule has 0 aliphatic rings. The Morgan fingerprint density at radius 3 is 2.44 bits per heavy atom. The molecule has 4 nitrogen and oxygen atoms in total. The Hall–Kier alpha value is -1.20. The molecule has 0 aliphatic heterocycles. The molecule has 0 aromatic heterocycles. The molecule has 0 amide bonds. The molecule has 0 saturated heterocycles. The summed E-state index contributed by atoms with van der Waals surface area (Å²) in [5.41, 5.74) is 0.138. The van der Waals surface area contributed by atoms with Gasteiger partial charge in [0.15, 0.2) is 0 Å². The number of carboxylic acid groups (broad SMARTS) is 1. The molecule has 0 saturated carbocycles. The fraction of sp³-hybridized carbons (Fsp3) is 0.364. The zero-order valence-corrected chi connectivity index (χ0v) is 9.61. The van der Waals surface area contributed by atoms with Crippen molar-refractivity contribution in [1.29, 1.82) is 0 Å². The first-order valence-corrected chi connectivity index (χ1v) is 5.50. The van der Waals surface area contributed by atoms with Gasteiger partial charge in [-0.3, -0.25) is 0 Å². The Morgan fingerprint density at radius 1 is 1.19 bits per heavy atom. The molecule has 0 radical (unpaired) electrons. The minimum absolute atomic E-state index is 0.138. The molecule has 1 aromatic carbocycles. The van der Waals surface area contributed by atoms with Crippen molar-refractivity contribution >= 4 is 18.6 Å². The maximum absolute atomic E-state index is 10.5. The van der Waals surface area contributed by atoms with Gasteiger partial charge in [-0.2, -0.15) is 12.6 Å². The van der Waals surface area contributed by atoms with Crippen LogP contribution < -0.4 is 9.84 Å². The van der Waals surface area contributed by atoms with Crippen molar-refractivity contribution < 1.29 is 19.4 Å². The number of hydrogen-bond acceptors (Lipinski definition) is 5. The molecule has 0 N–H and O–H groups in total. The third-order valence-electron chi connectivity index (χ3n) is 1.82. The molecule has 88 valence electrons. The van der Waals surface area contributed by atoms with Gasteiger partial charge in [0.1, 0.15) is 12.4 Å². The summed E-state index contributed by atoms with van der Waals surface area (Å²) in [7, 11) is 0. The highest BCUT2D eigenvalue weighted by atomic mass is 32.1. The summed E-state index contributed by atoms with van der Waals surface area (Å²) in [6, 6.07) is 6.06. The SMILES string of the molecule is O=C([O-])c1ccc(OCCOCCS)cc1. The van der Waals surface area contributed by atoms with Crippen LogP contribution >= 0.6 is 12.6 Å². The van der Waals surface area contributed by atoms with Gasteiger partial charge in [0.05, 0.1) is 19.2 Å². The van der Waals surface area contributed by atoms with Crippen molar-refractivity contribution in [3.8, 4) is 5.75 Å². The Labute approximate surface area is 99.6 Å². The molecule has 0 heterocycles. The van der Waals surface area contributed by atoms with Gasteiger partial charge in [-0.15, -0.1) is 0 Å². The van der Waals surface area contributed by atoms with E-state index in [1.54, 1.807) is 12.1 Å². The minimum Gasteiger partial charge on any atom is -0.545 e. The van der Waals surface area contributed by atoms with Gasteiger partial charge in [0.2, 0.25) is 0 Å². The van der Waals surface area contributed by atoms with Gasteiger partial charge in [0.25, 0.3) is 0 Å². The normalized spacial score (nSPS) is 10.1. The highest BCUT2D eigenvalue weighted by Gasteiger charge is 1.96. The average Bonchev–Trinajstić information content (AvgIpc) is 2.29. The van der Waals surface area contributed by atoms with Crippen LogP contribution in [0.2, 0.25) is 0 Å². The molecule has 0 fully saturated rings. The van der Waals surface area contributed by atoms with Crippen LogP contribution in [0.25, 0.3) is 0 Å². The maximum atomic E-state index is 10.5. The summed E-state index contributed by atoms with van der Waals surface area (Å²) in [5, 5.41) is 10.5. The molecule has 0 spiro atoms. The first kappa shape index (κ1) is 12.9. The van der Waals surface area contributed by atoms with Crippen LogP contribution in [-0.4, -0.2) is 31.5 Å². The largest absolute Gasteiger partial charge is 0.545 e. The second-order valence-electron chi connectivity index (χ2n) is 3.00. The summed E-state index contributed by atoms with van der Waals surface area (Å²) in [6.45, 7) is 1.51. The summed E-state index contributed by atoms with van der Waals surface area (Å²) in [5.74, 6) is 0.100. The Bertz CT molecular complexity index is 323. The van der Waals surface area contributed by atoms with E-state index >= 15 is 0 Å². The number of carbonyl (C=O) groups excluding carboxylic acids is 1.